The molecule has 6 heteroatoms. The second-order valence-electron chi connectivity index (χ2n) is 6.25. The van der Waals surface area contributed by atoms with E-state index < -0.39 is 0 Å². The number of carbonyl (C=O) groups is 1. The molecule has 2 N–H and O–H groups in total. The second-order valence-corrected chi connectivity index (χ2v) is 6.25. The lowest BCUT2D eigenvalue weighted by molar-refractivity contribution is 0.0622. The molecule has 0 bridgehead atoms. The number of nitrogens with zero attached hydrogens (tertiary/aromatic N) is 4. The highest BCUT2D eigenvalue weighted by atomic mass is 16.2. The van der Waals surface area contributed by atoms with Crippen LogP contribution in [0.2, 0.25) is 0 Å². The van der Waals surface area contributed by atoms with Gasteiger partial charge in [0.1, 0.15) is 5.82 Å². The van der Waals surface area contributed by atoms with Gasteiger partial charge in [-0.25, -0.2) is 9.97 Å². The van der Waals surface area contributed by atoms with E-state index >= 15 is 0 Å². The smallest absolute Gasteiger partial charge is 0.274 e. The van der Waals surface area contributed by atoms with Crippen molar-refractivity contribution in [2.45, 2.75) is 38.6 Å². The Morgan fingerprint density at radius 1 is 1.29 bits per heavy atom. The van der Waals surface area contributed by atoms with Crippen molar-refractivity contribution in [2.75, 3.05) is 31.9 Å². The molecule has 0 radical (unpaired) electrons. The lowest BCUT2D eigenvalue weighted by atomic mass is 10.2. The predicted octanol–water partition coefficient (Wildman–Crippen LogP) is 1.10. The number of nitrogen functional groups attached to an aromatic ring is 1. The summed E-state index contributed by atoms with van der Waals surface area (Å²) in [7, 11) is 0. The molecule has 0 unspecified atom stereocenters. The fourth-order valence-electron chi connectivity index (χ4n) is 2.73. The number of aromatic nitrogens is 2. The van der Waals surface area contributed by atoms with Crippen LogP contribution in [0.3, 0.4) is 0 Å². The Hall–Kier alpha value is -1.69. The molecule has 3 rings (SSSR count). The molecular weight excluding hydrogens is 266 g/mol. The molecule has 1 aromatic rings. The lowest BCUT2D eigenvalue weighted by Crippen LogP contribution is -2.49. The summed E-state index contributed by atoms with van der Waals surface area (Å²) >= 11 is 0. The maximum absolute atomic E-state index is 12.6. The lowest BCUT2D eigenvalue weighted by Gasteiger charge is -2.34. The van der Waals surface area contributed by atoms with Gasteiger partial charge in [-0.05, 0) is 12.8 Å². The zero-order valence-corrected chi connectivity index (χ0v) is 12.7. The van der Waals surface area contributed by atoms with E-state index in [0.29, 0.717) is 17.2 Å². The van der Waals surface area contributed by atoms with E-state index in [4.69, 9.17) is 5.73 Å². The summed E-state index contributed by atoms with van der Waals surface area (Å²) in [6.45, 7) is 7.45. The van der Waals surface area contributed by atoms with E-state index in [-0.39, 0.29) is 11.8 Å². The molecule has 1 saturated carbocycles. The highest BCUT2D eigenvalue weighted by Gasteiger charge is 2.33. The van der Waals surface area contributed by atoms with Crippen molar-refractivity contribution in [3.8, 4) is 0 Å². The summed E-state index contributed by atoms with van der Waals surface area (Å²) in [5.74, 6) is 0.792. The molecule has 0 spiro atoms. The van der Waals surface area contributed by atoms with Crippen molar-refractivity contribution < 1.29 is 4.79 Å². The van der Waals surface area contributed by atoms with E-state index in [9.17, 15) is 4.79 Å². The molecule has 114 valence electrons. The van der Waals surface area contributed by atoms with Gasteiger partial charge in [0, 0.05) is 38.1 Å². The molecule has 0 atom stereocenters. The van der Waals surface area contributed by atoms with Crippen molar-refractivity contribution >= 4 is 11.6 Å². The summed E-state index contributed by atoms with van der Waals surface area (Å²) in [5, 5.41) is 0. The summed E-state index contributed by atoms with van der Waals surface area (Å²) in [4.78, 5) is 25.5. The Morgan fingerprint density at radius 3 is 2.52 bits per heavy atom. The van der Waals surface area contributed by atoms with Crippen LogP contribution in [0.1, 0.15) is 48.9 Å². The normalized spacial score (nSPS) is 20.0. The molecular formula is C15H23N5O. The highest BCUT2D eigenvalue weighted by Crippen LogP contribution is 2.27. The average molecular weight is 289 g/mol. The zero-order valence-electron chi connectivity index (χ0n) is 12.7. The fourth-order valence-corrected chi connectivity index (χ4v) is 2.73. The predicted molar refractivity (Wildman–Crippen MR) is 81.0 cm³/mol. The SMILES string of the molecule is CC(C)c1ncc(N)c(C(=O)N2CCN(C3CC3)CC2)n1. The summed E-state index contributed by atoms with van der Waals surface area (Å²) in [6, 6.07) is 0.763. The van der Waals surface area contributed by atoms with E-state index in [0.717, 1.165) is 32.2 Å². The monoisotopic (exact) mass is 289 g/mol. The number of amides is 1. The second kappa shape index (κ2) is 5.60. The molecule has 1 aromatic heterocycles. The van der Waals surface area contributed by atoms with E-state index in [2.05, 4.69) is 14.9 Å². The molecule has 0 aromatic carbocycles. The first-order valence-electron chi connectivity index (χ1n) is 7.72. The Bertz CT molecular complexity index is 533. The third-order valence-electron chi connectivity index (χ3n) is 4.22. The van der Waals surface area contributed by atoms with Crippen LogP contribution in [-0.2, 0) is 0 Å². The number of rotatable bonds is 3. The van der Waals surface area contributed by atoms with Crippen molar-refractivity contribution in [3.05, 3.63) is 17.7 Å². The minimum atomic E-state index is -0.0627. The van der Waals surface area contributed by atoms with Crippen LogP contribution in [0.4, 0.5) is 5.69 Å². The molecule has 6 nitrogen and oxygen atoms in total. The van der Waals surface area contributed by atoms with Gasteiger partial charge in [-0.3, -0.25) is 9.69 Å². The molecule has 21 heavy (non-hydrogen) atoms. The maximum atomic E-state index is 12.6. The van der Waals surface area contributed by atoms with Gasteiger partial charge in [-0.15, -0.1) is 0 Å². The summed E-state index contributed by atoms with van der Waals surface area (Å²) in [5.41, 5.74) is 6.62. The van der Waals surface area contributed by atoms with Gasteiger partial charge in [0.2, 0.25) is 0 Å². The van der Waals surface area contributed by atoms with Gasteiger partial charge < -0.3 is 10.6 Å². The van der Waals surface area contributed by atoms with Crippen molar-refractivity contribution in [1.29, 1.82) is 0 Å². The Kier molecular flexibility index (Phi) is 3.80. The number of anilines is 1. The van der Waals surface area contributed by atoms with Crippen LogP contribution >= 0.6 is 0 Å². The number of piperazine rings is 1. The first kappa shape index (κ1) is 14.3. The van der Waals surface area contributed by atoms with Gasteiger partial charge >= 0.3 is 0 Å². The number of hydrogen-bond acceptors (Lipinski definition) is 5. The van der Waals surface area contributed by atoms with Gasteiger partial charge in [0.25, 0.3) is 5.91 Å². The molecule has 2 aliphatic rings. The van der Waals surface area contributed by atoms with Crippen LogP contribution in [0.25, 0.3) is 0 Å². The molecule has 1 aliphatic heterocycles. The van der Waals surface area contributed by atoms with E-state index in [1.165, 1.54) is 12.8 Å². The van der Waals surface area contributed by atoms with E-state index in [1.807, 2.05) is 18.7 Å². The number of hydrogen-bond donors (Lipinski definition) is 1. The largest absolute Gasteiger partial charge is 0.396 e. The number of carbonyl (C=O) groups excluding carboxylic acids is 1. The zero-order chi connectivity index (χ0) is 15.0. The quantitative estimate of drug-likeness (QED) is 0.902. The Balaban J connectivity index is 1.71. The number of nitrogens with two attached hydrogens (primary N) is 1. The van der Waals surface area contributed by atoms with Gasteiger partial charge in [-0.1, -0.05) is 13.8 Å². The van der Waals surface area contributed by atoms with Crippen LogP contribution < -0.4 is 5.73 Å². The molecule has 2 fully saturated rings. The topological polar surface area (TPSA) is 75.3 Å². The molecule has 1 aliphatic carbocycles. The standard InChI is InChI=1S/C15H23N5O/c1-10(2)14-17-9-12(16)13(18-14)15(21)20-7-5-19(6-8-20)11-3-4-11/h9-11H,3-8,16H2,1-2H3. The summed E-state index contributed by atoms with van der Waals surface area (Å²) in [6.07, 6.45) is 4.17. The Morgan fingerprint density at radius 2 is 1.95 bits per heavy atom. The maximum Gasteiger partial charge on any atom is 0.274 e. The van der Waals surface area contributed by atoms with Crippen LogP contribution in [0.15, 0.2) is 6.20 Å². The molecule has 2 heterocycles. The third kappa shape index (κ3) is 3.00. The van der Waals surface area contributed by atoms with Crippen LogP contribution in [0.5, 0.6) is 0 Å². The highest BCUT2D eigenvalue weighted by molar-refractivity contribution is 5.97. The van der Waals surface area contributed by atoms with Crippen molar-refractivity contribution in [3.63, 3.8) is 0 Å². The average Bonchev–Trinajstić information content (AvgIpc) is 3.31. The van der Waals surface area contributed by atoms with E-state index in [1.54, 1.807) is 6.20 Å². The van der Waals surface area contributed by atoms with Crippen molar-refractivity contribution in [2.24, 2.45) is 0 Å². The van der Waals surface area contributed by atoms with Crippen molar-refractivity contribution in [1.82, 2.24) is 19.8 Å². The van der Waals surface area contributed by atoms with Gasteiger partial charge in [0.05, 0.1) is 11.9 Å². The minimum Gasteiger partial charge on any atom is -0.396 e. The first-order chi connectivity index (χ1) is 10.1. The summed E-state index contributed by atoms with van der Waals surface area (Å²) < 4.78 is 0. The third-order valence-corrected chi connectivity index (χ3v) is 4.22. The fraction of sp³-hybridized carbons (Fsp3) is 0.667. The van der Waals surface area contributed by atoms with Crippen LogP contribution in [-0.4, -0.2) is 57.9 Å². The first-order valence-corrected chi connectivity index (χ1v) is 7.72. The van der Waals surface area contributed by atoms with Gasteiger partial charge in [0.15, 0.2) is 5.69 Å². The minimum absolute atomic E-state index is 0.0627. The molecule has 1 saturated heterocycles. The Labute approximate surface area is 125 Å². The molecule has 1 amide bonds. The van der Waals surface area contributed by atoms with Gasteiger partial charge in [-0.2, -0.15) is 0 Å². The van der Waals surface area contributed by atoms with Crippen LogP contribution in [0, 0.1) is 0 Å².